The molecule has 20 atom stereocenters. The van der Waals surface area contributed by atoms with Gasteiger partial charge in [0.15, 0.2) is 37.4 Å². The summed E-state index contributed by atoms with van der Waals surface area (Å²) < 4.78 is 36.6. The van der Waals surface area contributed by atoms with Gasteiger partial charge in [0, 0.05) is 0 Å². The molecule has 272 valence electrons. The second-order valence-corrected chi connectivity index (χ2v) is 11.2. The fraction of sp³-hybridized carbons (Fsp3) is 0.917. The first-order valence-corrected chi connectivity index (χ1v) is 14.1. The van der Waals surface area contributed by atoms with Crippen LogP contribution in [0.4, 0.5) is 0 Å². The van der Waals surface area contributed by atoms with Gasteiger partial charge in [-0.05, 0) is 0 Å². The SMILES string of the molecule is O=C(O)C1OC(OC2C(CO)OC(OC3C(O)C(OC4C(CO)OC(O)C(O)C4O)OC(C(=O)O)C3O)C(O)C2O)C(O)C(O)C1O. The van der Waals surface area contributed by atoms with Crippen LogP contribution in [0.1, 0.15) is 0 Å². The summed E-state index contributed by atoms with van der Waals surface area (Å²) in [5.41, 5.74) is 0. The van der Waals surface area contributed by atoms with E-state index in [1.165, 1.54) is 0 Å². The van der Waals surface area contributed by atoms with Gasteiger partial charge < -0.3 is 105 Å². The van der Waals surface area contributed by atoms with E-state index in [0.717, 1.165) is 0 Å². The van der Waals surface area contributed by atoms with Crippen LogP contribution in [0.2, 0.25) is 0 Å². The molecule has 4 heterocycles. The molecule has 4 saturated heterocycles. The largest absolute Gasteiger partial charge is 0.479 e. The van der Waals surface area contributed by atoms with Gasteiger partial charge in [0.25, 0.3) is 0 Å². The third-order valence-electron chi connectivity index (χ3n) is 8.13. The highest BCUT2D eigenvalue weighted by molar-refractivity contribution is 5.73. The molecule has 4 fully saturated rings. The molecule has 4 aliphatic heterocycles. The Kier molecular flexibility index (Phi) is 12.4. The third kappa shape index (κ3) is 7.53. The van der Waals surface area contributed by atoms with E-state index in [2.05, 4.69) is 0 Å². The summed E-state index contributed by atoms with van der Waals surface area (Å²) in [5.74, 6) is -3.59. The van der Waals surface area contributed by atoms with Gasteiger partial charge in [0.2, 0.25) is 0 Å². The van der Waals surface area contributed by atoms with Crippen LogP contribution in [-0.2, 0) is 42.7 Å². The summed E-state index contributed by atoms with van der Waals surface area (Å²) in [6.07, 6.45) is -40.7. The van der Waals surface area contributed by atoms with E-state index in [0.29, 0.717) is 0 Å². The highest BCUT2D eigenvalue weighted by atomic mass is 16.8. The van der Waals surface area contributed by atoms with E-state index in [1.54, 1.807) is 0 Å². The van der Waals surface area contributed by atoms with Crippen molar-refractivity contribution >= 4 is 11.9 Å². The molecule has 4 rings (SSSR count). The average Bonchev–Trinajstić information content (AvgIpc) is 3.03. The summed E-state index contributed by atoms with van der Waals surface area (Å²) in [6.45, 7) is -1.95. The smallest absolute Gasteiger partial charge is 0.335 e. The molecule has 0 radical (unpaired) electrons. The Hall–Kier alpha value is -1.82. The molecule has 0 aromatic heterocycles. The summed E-state index contributed by atoms with van der Waals surface area (Å²) in [6, 6.07) is 0. The number of ether oxygens (including phenoxy) is 7. The summed E-state index contributed by atoms with van der Waals surface area (Å²) in [7, 11) is 0. The first-order valence-electron chi connectivity index (χ1n) is 14.1. The average molecular weight is 695 g/mol. The molecule has 23 heteroatoms. The van der Waals surface area contributed by atoms with Crippen molar-refractivity contribution in [1.82, 2.24) is 0 Å². The molecule has 23 nitrogen and oxygen atoms in total. The fourth-order valence-corrected chi connectivity index (χ4v) is 5.51. The van der Waals surface area contributed by atoms with Crippen LogP contribution in [0.5, 0.6) is 0 Å². The Balaban J connectivity index is 1.51. The van der Waals surface area contributed by atoms with Gasteiger partial charge in [-0.1, -0.05) is 0 Å². The third-order valence-corrected chi connectivity index (χ3v) is 8.13. The van der Waals surface area contributed by atoms with Crippen LogP contribution in [-0.4, -0.2) is 219 Å². The number of aliphatic carboxylic acids is 2. The first kappa shape index (κ1) is 38.0. The fourth-order valence-electron chi connectivity index (χ4n) is 5.51. The second-order valence-electron chi connectivity index (χ2n) is 11.2. The van der Waals surface area contributed by atoms with Crippen molar-refractivity contribution in [2.45, 2.75) is 123 Å². The van der Waals surface area contributed by atoms with Crippen LogP contribution in [0.3, 0.4) is 0 Å². The van der Waals surface area contributed by atoms with Crippen molar-refractivity contribution in [2.24, 2.45) is 0 Å². The predicted molar refractivity (Wildman–Crippen MR) is 135 cm³/mol. The van der Waals surface area contributed by atoms with Gasteiger partial charge in [0.05, 0.1) is 13.2 Å². The van der Waals surface area contributed by atoms with E-state index >= 15 is 0 Å². The van der Waals surface area contributed by atoms with E-state index in [1.807, 2.05) is 0 Å². The van der Waals surface area contributed by atoms with Crippen molar-refractivity contribution in [3.63, 3.8) is 0 Å². The van der Waals surface area contributed by atoms with Gasteiger partial charge >= 0.3 is 11.9 Å². The molecule has 14 N–H and O–H groups in total. The van der Waals surface area contributed by atoms with Crippen LogP contribution in [0.15, 0.2) is 0 Å². The maximum Gasteiger partial charge on any atom is 0.335 e. The Morgan fingerprint density at radius 2 is 0.851 bits per heavy atom. The number of rotatable bonds is 10. The maximum absolute atomic E-state index is 11.9. The Labute approximate surface area is 262 Å². The number of carboxylic acid groups (broad SMARTS) is 2. The molecule has 0 bridgehead atoms. The van der Waals surface area contributed by atoms with Crippen LogP contribution < -0.4 is 0 Å². The highest BCUT2D eigenvalue weighted by Crippen LogP contribution is 2.34. The van der Waals surface area contributed by atoms with E-state index in [-0.39, 0.29) is 0 Å². The Morgan fingerprint density at radius 1 is 0.447 bits per heavy atom. The van der Waals surface area contributed by atoms with Crippen molar-refractivity contribution in [1.29, 1.82) is 0 Å². The molecule has 20 unspecified atom stereocenters. The summed E-state index contributed by atoms with van der Waals surface area (Å²) in [5, 5.41) is 142. The van der Waals surface area contributed by atoms with Crippen molar-refractivity contribution in [3.05, 3.63) is 0 Å². The van der Waals surface area contributed by atoms with E-state index < -0.39 is 148 Å². The lowest BCUT2D eigenvalue weighted by atomic mass is 9.95. The second kappa shape index (κ2) is 15.4. The topological polar surface area (TPSA) is 382 Å². The van der Waals surface area contributed by atoms with Gasteiger partial charge in [-0.3, -0.25) is 0 Å². The zero-order chi connectivity index (χ0) is 35.1. The number of aliphatic hydroxyl groups excluding tert-OH is 12. The minimum atomic E-state index is -2.25. The van der Waals surface area contributed by atoms with Gasteiger partial charge in [-0.15, -0.1) is 0 Å². The van der Waals surface area contributed by atoms with Crippen molar-refractivity contribution < 1.29 is 114 Å². The Bertz CT molecular complexity index is 1060. The zero-order valence-corrected chi connectivity index (χ0v) is 23.9. The van der Waals surface area contributed by atoms with Crippen LogP contribution in [0, 0.1) is 0 Å². The van der Waals surface area contributed by atoms with Crippen molar-refractivity contribution in [2.75, 3.05) is 13.2 Å². The molecule has 0 amide bonds. The van der Waals surface area contributed by atoms with E-state index in [4.69, 9.17) is 33.2 Å². The molecular formula is C24H38O23. The standard InChI is InChI=1S/C24H38O23/c25-1-3-14(7(29)9(31)21(40)41-3)44-24-13(35)16(12(34)18(47-24)20(38)39)45-22-11(33)8(30)15(4(2-26)42-22)43-23-10(32)5(27)6(28)17(46-23)19(36)37/h3-18,21-35,40H,1-2H2,(H,36,37)(H,38,39). The van der Waals surface area contributed by atoms with E-state index in [9.17, 15) is 81.1 Å². The predicted octanol–water partition coefficient (Wildman–Crippen LogP) is -9.56. The lowest BCUT2D eigenvalue weighted by Crippen LogP contribution is -2.68. The molecule has 47 heavy (non-hydrogen) atoms. The molecule has 0 aromatic rings. The Morgan fingerprint density at radius 3 is 1.36 bits per heavy atom. The number of carbonyl (C=O) groups is 2. The number of aliphatic hydroxyl groups is 12. The molecule has 0 saturated carbocycles. The van der Waals surface area contributed by atoms with Crippen LogP contribution in [0.25, 0.3) is 0 Å². The quantitative estimate of drug-likeness (QED) is 0.101. The van der Waals surface area contributed by atoms with Crippen molar-refractivity contribution in [3.8, 4) is 0 Å². The minimum absolute atomic E-state index is 0.912. The molecule has 4 aliphatic rings. The molecule has 0 spiro atoms. The molecule has 0 aromatic carbocycles. The van der Waals surface area contributed by atoms with Crippen LogP contribution >= 0.6 is 0 Å². The number of hydrogen-bond donors (Lipinski definition) is 14. The van der Waals surface area contributed by atoms with Gasteiger partial charge in [-0.25, -0.2) is 9.59 Å². The first-order chi connectivity index (χ1) is 22.0. The summed E-state index contributed by atoms with van der Waals surface area (Å²) >= 11 is 0. The van der Waals surface area contributed by atoms with Gasteiger partial charge in [-0.2, -0.15) is 0 Å². The molecule has 0 aliphatic carbocycles. The number of hydrogen-bond acceptors (Lipinski definition) is 21. The lowest BCUT2D eigenvalue weighted by molar-refractivity contribution is -0.385. The normalized spacial score (nSPS) is 51.0. The zero-order valence-electron chi connectivity index (χ0n) is 23.9. The summed E-state index contributed by atoms with van der Waals surface area (Å²) in [4.78, 5) is 23.3. The lowest BCUT2D eigenvalue weighted by Gasteiger charge is -2.48. The maximum atomic E-state index is 11.9. The number of carboxylic acids is 2. The molecular weight excluding hydrogens is 656 g/mol. The van der Waals surface area contributed by atoms with Gasteiger partial charge in [0.1, 0.15) is 85.5 Å². The monoisotopic (exact) mass is 694 g/mol. The minimum Gasteiger partial charge on any atom is -0.479 e. The highest BCUT2D eigenvalue weighted by Gasteiger charge is 2.56.